The number of aromatic nitrogens is 2. The van der Waals surface area contributed by atoms with Crippen LogP contribution in [0.2, 0.25) is 0 Å². The Morgan fingerprint density at radius 3 is 2.89 bits per heavy atom. The molecule has 0 bridgehead atoms. The first kappa shape index (κ1) is 11.4. The number of anilines is 1. The number of nitrogens with zero attached hydrogens (tertiary/aromatic N) is 2. The molecule has 1 aromatic carbocycles. The average molecular weight is 243 g/mol. The second kappa shape index (κ2) is 4.90. The molecule has 0 aliphatic carbocycles. The van der Waals surface area contributed by atoms with E-state index in [0.29, 0.717) is 12.0 Å². The van der Waals surface area contributed by atoms with Crippen LogP contribution < -0.4 is 5.32 Å². The van der Waals surface area contributed by atoms with Gasteiger partial charge in [-0.1, -0.05) is 6.92 Å². The first-order chi connectivity index (χ1) is 8.83. The number of benzene rings is 1. The molecule has 0 saturated carbocycles. The molecule has 18 heavy (non-hydrogen) atoms. The number of hydrogen-bond donors (Lipinski definition) is 1. The second-order valence-electron chi connectivity index (χ2n) is 4.85. The SMILES string of the molecule is CC1COCCC1Nc1ccc2nccnc2c1. The fourth-order valence-electron chi connectivity index (χ4n) is 2.36. The Balaban J connectivity index is 1.81. The van der Waals surface area contributed by atoms with Gasteiger partial charge in [-0.2, -0.15) is 0 Å². The molecule has 4 heteroatoms. The smallest absolute Gasteiger partial charge is 0.0907 e. The predicted octanol–water partition coefficient (Wildman–Crippen LogP) is 2.47. The molecular weight excluding hydrogens is 226 g/mol. The van der Waals surface area contributed by atoms with Gasteiger partial charge < -0.3 is 10.1 Å². The zero-order valence-electron chi connectivity index (χ0n) is 10.5. The molecule has 2 unspecified atom stereocenters. The molecule has 2 heterocycles. The van der Waals surface area contributed by atoms with Crippen molar-refractivity contribution in [1.29, 1.82) is 0 Å². The highest BCUT2D eigenvalue weighted by Crippen LogP contribution is 2.21. The summed E-state index contributed by atoms with van der Waals surface area (Å²) in [4.78, 5) is 8.60. The van der Waals surface area contributed by atoms with Crippen molar-refractivity contribution in [3.05, 3.63) is 30.6 Å². The van der Waals surface area contributed by atoms with E-state index in [2.05, 4.69) is 34.3 Å². The van der Waals surface area contributed by atoms with Gasteiger partial charge in [-0.25, -0.2) is 0 Å². The minimum atomic E-state index is 0.480. The van der Waals surface area contributed by atoms with Gasteiger partial charge in [-0.05, 0) is 30.5 Å². The fourth-order valence-corrected chi connectivity index (χ4v) is 2.36. The van der Waals surface area contributed by atoms with Crippen molar-refractivity contribution in [1.82, 2.24) is 9.97 Å². The van der Waals surface area contributed by atoms with Crippen molar-refractivity contribution in [2.45, 2.75) is 19.4 Å². The summed E-state index contributed by atoms with van der Waals surface area (Å²) in [5, 5.41) is 3.57. The minimum Gasteiger partial charge on any atom is -0.382 e. The Morgan fingerprint density at radius 1 is 1.22 bits per heavy atom. The maximum atomic E-state index is 5.46. The lowest BCUT2D eigenvalue weighted by atomic mass is 9.97. The fraction of sp³-hybridized carbons (Fsp3) is 0.429. The number of nitrogens with one attached hydrogen (secondary N) is 1. The van der Waals surface area contributed by atoms with Crippen LogP contribution in [0.25, 0.3) is 11.0 Å². The first-order valence-corrected chi connectivity index (χ1v) is 6.38. The van der Waals surface area contributed by atoms with Gasteiger partial charge in [0.2, 0.25) is 0 Å². The summed E-state index contributed by atoms with van der Waals surface area (Å²) in [6.07, 6.45) is 4.50. The van der Waals surface area contributed by atoms with E-state index in [9.17, 15) is 0 Å². The Hall–Kier alpha value is -1.68. The summed E-state index contributed by atoms with van der Waals surface area (Å²) in [7, 11) is 0. The van der Waals surface area contributed by atoms with Gasteiger partial charge in [-0.15, -0.1) is 0 Å². The Labute approximate surface area is 106 Å². The van der Waals surface area contributed by atoms with E-state index < -0.39 is 0 Å². The molecule has 1 aliphatic heterocycles. The molecule has 0 spiro atoms. The predicted molar refractivity (Wildman–Crippen MR) is 71.5 cm³/mol. The van der Waals surface area contributed by atoms with Gasteiger partial charge in [-0.3, -0.25) is 9.97 Å². The second-order valence-corrected chi connectivity index (χ2v) is 4.85. The average Bonchev–Trinajstić information content (AvgIpc) is 2.41. The summed E-state index contributed by atoms with van der Waals surface area (Å²) in [6, 6.07) is 6.62. The zero-order chi connectivity index (χ0) is 12.4. The van der Waals surface area contributed by atoms with E-state index in [1.807, 2.05) is 6.07 Å². The zero-order valence-corrected chi connectivity index (χ0v) is 10.5. The molecule has 1 fully saturated rings. The summed E-state index contributed by atoms with van der Waals surface area (Å²) in [5.74, 6) is 0.538. The van der Waals surface area contributed by atoms with E-state index in [-0.39, 0.29) is 0 Å². The Morgan fingerprint density at radius 2 is 2.06 bits per heavy atom. The summed E-state index contributed by atoms with van der Waals surface area (Å²) < 4.78 is 5.46. The highest BCUT2D eigenvalue weighted by atomic mass is 16.5. The molecule has 1 aromatic heterocycles. The molecule has 94 valence electrons. The molecule has 0 radical (unpaired) electrons. The van der Waals surface area contributed by atoms with Gasteiger partial charge >= 0.3 is 0 Å². The van der Waals surface area contributed by atoms with Crippen LogP contribution in [0.5, 0.6) is 0 Å². The first-order valence-electron chi connectivity index (χ1n) is 6.38. The number of rotatable bonds is 2. The maximum Gasteiger partial charge on any atom is 0.0907 e. The van der Waals surface area contributed by atoms with Crippen LogP contribution >= 0.6 is 0 Å². The minimum absolute atomic E-state index is 0.480. The third kappa shape index (κ3) is 2.29. The van der Waals surface area contributed by atoms with Gasteiger partial charge in [0.25, 0.3) is 0 Å². The van der Waals surface area contributed by atoms with Crippen LogP contribution in [0.4, 0.5) is 5.69 Å². The van der Waals surface area contributed by atoms with Crippen molar-refractivity contribution in [3.63, 3.8) is 0 Å². The van der Waals surface area contributed by atoms with E-state index >= 15 is 0 Å². The summed E-state index contributed by atoms with van der Waals surface area (Å²) in [5.41, 5.74) is 2.98. The maximum absolute atomic E-state index is 5.46. The van der Waals surface area contributed by atoms with E-state index in [4.69, 9.17) is 4.74 Å². The number of hydrogen-bond acceptors (Lipinski definition) is 4. The number of fused-ring (bicyclic) bond motifs is 1. The van der Waals surface area contributed by atoms with Crippen molar-refractivity contribution < 1.29 is 4.74 Å². The molecular formula is C14H17N3O. The molecule has 2 aromatic rings. The number of ether oxygens (including phenoxy) is 1. The van der Waals surface area contributed by atoms with Crippen LogP contribution in [-0.4, -0.2) is 29.2 Å². The summed E-state index contributed by atoms with van der Waals surface area (Å²) >= 11 is 0. The standard InChI is InChI=1S/C14H17N3O/c1-10-9-18-7-4-12(10)17-11-2-3-13-14(8-11)16-6-5-15-13/h2-3,5-6,8,10,12,17H,4,7,9H2,1H3. The molecule has 1 N–H and O–H groups in total. The van der Waals surface area contributed by atoms with Crippen LogP contribution in [0.3, 0.4) is 0 Å². The Bertz CT molecular complexity index is 543. The van der Waals surface area contributed by atoms with Gasteiger partial charge in [0.1, 0.15) is 0 Å². The van der Waals surface area contributed by atoms with Crippen molar-refractivity contribution in [2.24, 2.45) is 5.92 Å². The third-order valence-corrected chi connectivity index (χ3v) is 3.46. The molecule has 0 amide bonds. The largest absolute Gasteiger partial charge is 0.382 e. The van der Waals surface area contributed by atoms with Crippen LogP contribution in [0.15, 0.2) is 30.6 Å². The van der Waals surface area contributed by atoms with E-state index in [1.165, 1.54) is 0 Å². The Kier molecular flexibility index (Phi) is 3.11. The highest BCUT2D eigenvalue weighted by Gasteiger charge is 2.21. The molecule has 1 saturated heterocycles. The molecule has 3 rings (SSSR count). The van der Waals surface area contributed by atoms with Crippen molar-refractivity contribution in [2.75, 3.05) is 18.5 Å². The van der Waals surface area contributed by atoms with Gasteiger partial charge in [0.05, 0.1) is 17.6 Å². The topological polar surface area (TPSA) is 47.0 Å². The quantitative estimate of drug-likeness (QED) is 0.880. The van der Waals surface area contributed by atoms with Crippen LogP contribution in [-0.2, 0) is 4.74 Å². The lowest BCUT2D eigenvalue weighted by Gasteiger charge is -2.30. The van der Waals surface area contributed by atoms with E-state index in [0.717, 1.165) is 36.4 Å². The normalized spacial score (nSPS) is 24.1. The van der Waals surface area contributed by atoms with Gasteiger partial charge in [0, 0.05) is 30.7 Å². The van der Waals surface area contributed by atoms with Crippen molar-refractivity contribution >= 4 is 16.7 Å². The highest BCUT2D eigenvalue weighted by molar-refractivity contribution is 5.78. The van der Waals surface area contributed by atoms with Crippen LogP contribution in [0, 0.1) is 5.92 Å². The third-order valence-electron chi connectivity index (χ3n) is 3.46. The molecule has 2 atom stereocenters. The lowest BCUT2D eigenvalue weighted by Crippen LogP contribution is -2.35. The molecule has 1 aliphatic rings. The summed E-state index contributed by atoms with van der Waals surface area (Å²) in [6.45, 7) is 3.90. The lowest BCUT2D eigenvalue weighted by molar-refractivity contribution is 0.0538. The van der Waals surface area contributed by atoms with Crippen LogP contribution in [0.1, 0.15) is 13.3 Å². The van der Waals surface area contributed by atoms with E-state index in [1.54, 1.807) is 12.4 Å². The van der Waals surface area contributed by atoms with Gasteiger partial charge in [0.15, 0.2) is 0 Å². The van der Waals surface area contributed by atoms with Crippen molar-refractivity contribution in [3.8, 4) is 0 Å². The molecule has 4 nitrogen and oxygen atoms in total. The monoisotopic (exact) mass is 243 g/mol.